The van der Waals surface area contributed by atoms with Crippen molar-refractivity contribution in [3.8, 4) is 0 Å². The molecule has 11 heteroatoms. The first kappa shape index (κ1) is 29.0. The topological polar surface area (TPSA) is 152 Å². The number of likely N-dealkylation sites (N-methyl/N-ethyl adjacent to an activating group) is 1. The molecule has 0 unspecified atom stereocenters. The van der Waals surface area contributed by atoms with Crippen molar-refractivity contribution < 1.29 is 33.8 Å². The van der Waals surface area contributed by atoms with Gasteiger partial charge in [0.2, 0.25) is 0 Å². The Morgan fingerprint density at radius 2 is 1.70 bits per heavy atom. The summed E-state index contributed by atoms with van der Waals surface area (Å²) in [5, 5.41) is 21.3. The molecule has 5 N–H and O–H groups in total. The van der Waals surface area contributed by atoms with Crippen LogP contribution in [0.1, 0.15) is 46.7 Å². The number of rotatable bonds is 9. The number of benzene rings is 1. The van der Waals surface area contributed by atoms with Gasteiger partial charge in [-0.3, -0.25) is 9.59 Å². The lowest BCUT2D eigenvalue weighted by Gasteiger charge is -2.18. The van der Waals surface area contributed by atoms with E-state index in [9.17, 15) is 23.6 Å². The number of aliphatic carboxylic acids is 2. The van der Waals surface area contributed by atoms with Gasteiger partial charge in [0.1, 0.15) is 5.82 Å². The number of amides is 2. The van der Waals surface area contributed by atoms with Crippen LogP contribution in [0.4, 0.5) is 10.1 Å². The second kappa shape index (κ2) is 13.2. The third-order valence-corrected chi connectivity index (χ3v) is 5.73. The molecule has 2 amide bonds. The first-order valence-corrected chi connectivity index (χ1v) is 11.6. The van der Waals surface area contributed by atoms with E-state index in [0.717, 1.165) is 30.9 Å². The minimum absolute atomic E-state index is 0.143. The molecule has 10 nitrogen and oxygen atoms in total. The number of carbonyl (C=O) groups is 4. The Bertz CT molecular complexity index is 1230. The number of anilines is 1. The number of nitrogens with zero attached hydrogens (tertiary/aromatic N) is 1. The van der Waals surface area contributed by atoms with E-state index in [4.69, 9.17) is 10.2 Å². The zero-order chi connectivity index (χ0) is 27.7. The number of carboxylic acid groups (broad SMARTS) is 2. The standard InChI is InChI=1S/C22H27FN4O2.C4H4O4/c1-5-27(6-2)10-9-24-22(29)20-13(3)19(25-14(20)4)12-17-16-11-15(23)7-8-18(16)26-21(17)28;5-3(6)1-2-4(7)8/h7-8,11-12,25H,5-6,9-10H2,1-4H3,(H,24,29)(H,26,28);1-2H,(H,5,6)(H,7,8)/b17-12-;2-1-. The second-order valence-corrected chi connectivity index (χ2v) is 8.16. The van der Waals surface area contributed by atoms with Gasteiger partial charge in [-0.15, -0.1) is 0 Å². The van der Waals surface area contributed by atoms with Gasteiger partial charge in [-0.2, -0.15) is 0 Å². The maximum Gasteiger partial charge on any atom is 0.328 e. The van der Waals surface area contributed by atoms with Crippen molar-refractivity contribution in [1.82, 2.24) is 15.2 Å². The summed E-state index contributed by atoms with van der Waals surface area (Å²) in [5.74, 6) is -3.35. The summed E-state index contributed by atoms with van der Waals surface area (Å²) in [7, 11) is 0. The van der Waals surface area contributed by atoms with Crippen molar-refractivity contribution in [3.05, 3.63) is 64.2 Å². The number of aromatic nitrogens is 1. The largest absolute Gasteiger partial charge is 0.478 e. The molecular weight excluding hydrogens is 483 g/mol. The van der Waals surface area contributed by atoms with Gasteiger partial charge in [0, 0.05) is 47.9 Å². The molecule has 1 aliphatic rings. The summed E-state index contributed by atoms with van der Waals surface area (Å²) < 4.78 is 13.7. The molecule has 0 atom stereocenters. The van der Waals surface area contributed by atoms with Gasteiger partial charge < -0.3 is 30.7 Å². The number of hydrogen-bond acceptors (Lipinski definition) is 5. The van der Waals surface area contributed by atoms with Crippen LogP contribution in [-0.2, 0) is 14.4 Å². The number of H-pyrrole nitrogens is 1. The smallest absolute Gasteiger partial charge is 0.328 e. The minimum atomic E-state index is -1.26. The highest BCUT2D eigenvalue weighted by atomic mass is 19.1. The quantitative estimate of drug-likeness (QED) is 0.323. The van der Waals surface area contributed by atoms with Gasteiger partial charge in [-0.25, -0.2) is 14.0 Å². The van der Waals surface area contributed by atoms with Crippen molar-refractivity contribution in [1.29, 1.82) is 0 Å². The Morgan fingerprint density at radius 3 is 2.27 bits per heavy atom. The Morgan fingerprint density at radius 1 is 1.08 bits per heavy atom. The predicted octanol–water partition coefficient (Wildman–Crippen LogP) is 3.05. The molecule has 0 fully saturated rings. The SMILES string of the molecule is CCN(CC)CCNC(=O)c1c(C)[nH]c(/C=C2\C(=O)Nc3ccc(F)cc32)c1C.O=C(O)/C=C\C(=O)O. The first-order valence-electron chi connectivity index (χ1n) is 11.6. The Balaban J connectivity index is 0.000000521. The minimum Gasteiger partial charge on any atom is -0.478 e. The third-order valence-electron chi connectivity index (χ3n) is 5.73. The summed E-state index contributed by atoms with van der Waals surface area (Å²) in [6, 6.07) is 4.20. The fourth-order valence-corrected chi connectivity index (χ4v) is 3.81. The zero-order valence-corrected chi connectivity index (χ0v) is 21.1. The average Bonchev–Trinajstić information content (AvgIpc) is 3.30. The van der Waals surface area contributed by atoms with Crippen LogP contribution >= 0.6 is 0 Å². The Labute approximate surface area is 213 Å². The maximum absolute atomic E-state index is 13.7. The number of nitrogens with one attached hydrogen (secondary N) is 3. The number of aromatic amines is 1. The van der Waals surface area contributed by atoms with E-state index in [1.165, 1.54) is 12.1 Å². The van der Waals surface area contributed by atoms with Crippen LogP contribution in [0.2, 0.25) is 0 Å². The predicted molar refractivity (Wildman–Crippen MR) is 138 cm³/mol. The van der Waals surface area contributed by atoms with Gasteiger partial charge in [0.25, 0.3) is 11.8 Å². The highest BCUT2D eigenvalue weighted by Crippen LogP contribution is 2.34. The maximum atomic E-state index is 13.7. The molecule has 0 spiro atoms. The fourth-order valence-electron chi connectivity index (χ4n) is 3.81. The molecule has 0 bridgehead atoms. The fraction of sp³-hybridized carbons (Fsp3) is 0.308. The number of fused-ring (bicyclic) bond motifs is 1. The van der Waals surface area contributed by atoms with Gasteiger partial charge in [0.05, 0.1) is 11.1 Å². The normalized spacial score (nSPS) is 13.4. The molecule has 37 heavy (non-hydrogen) atoms. The van der Waals surface area contributed by atoms with Gasteiger partial charge in [0.15, 0.2) is 0 Å². The van der Waals surface area contributed by atoms with E-state index in [-0.39, 0.29) is 11.8 Å². The number of carboxylic acids is 2. The van der Waals surface area contributed by atoms with E-state index in [1.807, 2.05) is 13.8 Å². The average molecular weight is 515 g/mol. The van der Waals surface area contributed by atoms with Crippen LogP contribution in [-0.4, -0.2) is 70.0 Å². The molecule has 2 heterocycles. The molecule has 1 aromatic heterocycles. The van der Waals surface area contributed by atoms with Crippen LogP contribution in [0.3, 0.4) is 0 Å². The monoisotopic (exact) mass is 514 g/mol. The molecule has 0 saturated heterocycles. The van der Waals surface area contributed by atoms with Crippen molar-refractivity contribution in [2.24, 2.45) is 0 Å². The second-order valence-electron chi connectivity index (χ2n) is 8.16. The van der Waals surface area contributed by atoms with E-state index < -0.39 is 17.8 Å². The summed E-state index contributed by atoms with van der Waals surface area (Å²) in [6.07, 6.45) is 2.79. The Kier molecular flexibility index (Phi) is 10.3. The highest BCUT2D eigenvalue weighted by Gasteiger charge is 2.26. The molecule has 198 valence electrons. The van der Waals surface area contributed by atoms with Crippen molar-refractivity contribution in [3.63, 3.8) is 0 Å². The van der Waals surface area contributed by atoms with E-state index in [1.54, 1.807) is 12.1 Å². The number of aryl methyl sites for hydroxylation is 1. The summed E-state index contributed by atoms with van der Waals surface area (Å²) in [4.78, 5) is 49.6. The summed E-state index contributed by atoms with van der Waals surface area (Å²) in [5.41, 5.74) is 4.20. The van der Waals surface area contributed by atoms with E-state index in [0.29, 0.717) is 46.8 Å². The van der Waals surface area contributed by atoms with Crippen LogP contribution < -0.4 is 10.6 Å². The van der Waals surface area contributed by atoms with Crippen LogP contribution in [0, 0.1) is 19.7 Å². The van der Waals surface area contributed by atoms with Crippen LogP contribution in [0.15, 0.2) is 30.4 Å². The molecule has 3 rings (SSSR count). The van der Waals surface area contributed by atoms with Crippen molar-refractivity contribution in [2.45, 2.75) is 27.7 Å². The number of hydrogen-bond donors (Lipinski definition) is 5. The van der Waals surface area contributed by atoms with E-state index >= 15 is 0 Å². The molecule has 1 aliphatic heterocycles. The van der Waals surface area contributed by atoms with Crippen molar-refractivity contribution >= 4 is 41.1 Å². The molecular formula is C26H31FN4O6. The lowest BCUT2D eigenvalue weighted by molar-refractivity contribution is -0.134. The van der Waals surface area contributed by atoms with Crippen LogP contribution in [0.5, 0.6) is 0 Å². The van der Waals surface area contributed by atoms with E-state index in [2.05, 4.69) is 34.4 Å². The Hall–Kier alpha value is -4.25. The molecule has 2 aromatic rings. The first-order chi connectivity index (χ1) is 17.5. The molecule has 0 saturated carbocycles. The molecule has 0 radical (unpaired) electrons. The number of carbonyl (C=O) groups excluding carboxylic acids is 2. The highest BCUT2D eigenvalue weighted by molar-refractivity contribution is 6.34. The summed E-state index contributed by atoms with van der Waals surface area (Å²) >= 11 is 0. The molecule has 1 aromatic carbocycles. The van der Waals surface area contributed by atoms with Gasteiger partial charge in [-0.05, 0) is 56.8 Å². The number of halogens is 1. The third kappa shape index (κ3) is 7.87. The van der Waals surface area contributed by atoms with Crippen molar-refractivity contribution in [2.75, 3.05) is 31.5 Å². The van der Waals surface area contributed by atoms with Gasteiger partial charge >= 0.3 is 11.9 Å². The zero-order valence-electron chi connectivity index (χ0n) is 21.1. The lowest BCUT2D eigenvalue weighted by Crippen LogP contribution is -2.35. The van der Waals surface area contributed by atoms with Crippen LogP contribution in [0.25, 0.3) is 11.6 Å². The van der Waals surface area contributed by atoms with Gasteiger partial charge in [-0.1, -0.05) is 13.8 Å². The summed E-state index contributed by atoms with van der Waals surface area (Å²) in [6.45, 7) is 11.1. The lowest BCUT2D eigenvalue weighted by atomic mass is 10.0. The molecule has 0 aliphatic carbocycles.